The minimum absolute atomic E-state index is 0.104. The number of phenols is 1. The molecule has 2 amide bonds. The van der Waals surface area contributed by atoms with Crippen LogP contribution in [-0.2, 0) is 4.79 Å². The molecule has 0 spiro atoms. The van der Waals surface area contributed by atoms with Gasteiger partial charge in [-0.1, -0.05) is 24.3 Å². The summed E-state index contributed by atoms with van der Waals surface area (Å²) in [6.07, 6.45) is 0.225. The summed E-state index contributed by atoms with van der Waals surface area (Å²) < 4.78 is 13.9. The summed E-state index contributed by atoms with van der Waals surface area (Å²) in [6.45, 7) is 1.82. The molecule has 28 heavy (non-hydrogen) atoms. The smallest absolute Gasteiger partial charge is 0.266 e. The van der Waals surface area contributed by atoms with Crippen LogP contribution in [0.3, 0.4) is 0 Å². The fourth-order valence-corrected chi connectivity index (χ4v) is 4.67. The maximum Gasteiger partial charge on any atom is 0.266 e. The number of fused-ring (bicyclic) bond motifs is 1. The van der Waals surface area contributed by atoms with Gasteiger partial charge in [0.1, 0.15) is 11.6 Å². The average molecular weight is 396 g/mol. The van der Waals surface area contributed by atoms with E-state index in [2.05, 4.69) is 10.6 Å². The number of aromatic hydroxyl groups is 1. The molecule has 2 aromatic carbocycles. The quantitative estimate of drug-likeness (QED) is 0.604. The third-order valence-electron chi connectivity index (χ3n) is 4.79. The summed E-state index contributed by atoms with van der Waals surface area (Å²) in [5, 5.41) is 15.8. The molecule has 0 aliphatic carbocycles. The van der Waals surface area contributed by atoms with Crippen molar-refractivity contribution in [3.8, 4) is 5.75 Å². The Balaban J connectivity index is 1.73. The van der Waals surface area contributed by atoms with Crippen LogP contribution in [0.5, 0.6) is 5.75 Å². The van der Waals surface area contributed by atoms with E-state index < -0.39 is 11.7 Å². The Morgan fingerprint density at radius 2 is 2.04 bits per heavy atom. The van der Waals surface area contributed by atoms with Crippen molar-refractivity contribution in [3.05, 3.63) is 75.9 Å². The summed E-state index contributed by atoms with van der Waals surface area (Å²) in [6, 6.07) is 12.7. The van der Waals surface area contributed by atoms with Gasteiger partial charge in [-0.25, -0.2) is 4.39 Å². The number of carbonyl (C=O) groups excluding carboxylic acids is 2. The number of halogens is 1. The van der Waals surface area contributed by atoms with Crippen molar-refractivity contribution in [3.63, 3.8) is 0 Å². The van der Waals surface area contributed by atoms with Gasteiger partial charge in [0.2, 0.25) is 5.91 Å². The third-order valence-corrected chi connectivity index (χ3v) is 6.01. The second kappa shape index (κ2) is 7.09. The van der Waals surface area contributed by atoms with Gasteiger partial charge in [0.25, 0.3) is 5.91 Å². The summed E-state index contributed by atoms with van der Waals surface area (Å²) in [7, 11) is 0. The number of anilines is 2. The molecule has 4 rings (SSSR count). The van der Waals surface area contributed by atoms with Crippen molar-refractivity contribution in [2.75, 3.05) is 10.6 Å². The van der Waals surface area contributed by atoms with Gasteiger partial charge in [0.15, 0.2) is 0 Å². The van der Waals surface area contributed by atoms with E-state index >= 15 is 0 Å². The van der Waals surface area contributed by atoms with E-state index in [1.54, 1.807) is 30.3 Å². The number of hydrogen-bond donors (Lipinski definition) is 3. The highest BCUT2D eigenvalue weighted by molar-refractivity contribution is 7.18. The summed E-state index contributed by atoms with van der Waals surface area (Å²) in [5.74, 6) is -1.23. The molecule has 0 saturated carbocycles. The highest BCUT2D eigenvalue weighted by atomic mass is 32.1. The first-order valence-corrected chi connectivity index (χ1v) is 9.53. The van der Waals surface area contributed by atoms with E-state index in [0.717, 1.165) is 16.7 Å². The van der Waals surface area contributed by atoms with Crippen molar-refractivity contribution in [2.24, 2.45) is 0 Å². The lowest BCUT2D eigenvalue weighted by Crippen LogP contribution is -2.22. The zero-order valence-electron chi connectivity index (χ0n) is 15.0. The maximum absolute atomic E-state index is 13.9. The molecule has 0 fully saturated rings. The first-order valence-electron chi connectivity index (χ1n) is 8.72. The van der Waals surface area contributed by atoms with Gasteiger partial charge >= 0.3 is 0 Å². The number of nitrogens with one attached hydrogen (secondary N) is 2. The Hall–Kier alpha value is -3.19. The number of carbonyl (C=O) groups is 2. The zero-order chi connectivity index (χ0) is 19.8. The Labute approximate surface area is 164 Å². The molecule has 7 heteroatoms. The van der Waals surface area contributed by atoms with Crippen LogP contribution >= 0.6 is 11.3 Å². The predicted molar refractivity (Wildman–Crippen MR) is 107 cm³/mol. The van der Waals surface area contributed by atoms with Gasteiger partial charge in [-0.2, -0.15) is 0 Å². The molecule has 142 valence electrons. The van der Waals surface area contributed by atoms with Crippen LogP contribution in [0.25, 0.3) is 0 Å². The zero-order valence-corrected chi connectivity index (χ0v) is 15.8. The predicted octanol–water partition coefficient (Wildman–Crippen LogP) is 4.63. The monoisotopic (exact) mass is 396 g/mol. The topological polar surface area (TPSA) is 78.4 Å². The van der Waals surface area contributed by atoms with Gasteiger partial charge in [0, 0.05) is 12.3 Å². The molecule has 0 bridgehead atoms. The van der Waals surface area contributed by atoms with E-state index in [4.69, 9.17) is 0 Å². The largest absolute Gasteiger partial charge is 0.508 e. The average Bonchev–Trinajstić information content (AvgIpc) is 2.99. The second-order valence-corrected chi connectivity index (χ2v) is 7.65. The lowest BCUT2D eigenvalue weighted by molar-refractivity contribution is -0.116. The summed E-state index contributed by atoms with van der Waals surface area (Å²) in [4.78, 5) is 25.4. The fraction of sp³-hybridized carbons (Fsp3) is 0.143. The lowest BCUT2D eigenvalue weighted by Gasteiger charge is -2.24. The minimum atomic E-state index is -0.513. The van der Waals surface area contributed by atoms with Crippen LogP contribution in [-0.4, -0.2) is 16.9 Å². The molecule has 2 heterocycles. The highest BCUT2D eigenvalue weighted by Gasteiger charge is 2.33. The van der Waals surface area contributed by atoms with Gasteiger partial charge in [0.05, 0.1) is 15.6 Å². The van der Waals surface area contributed by atoms with Crippen LogP contribution in [0.1, 0.15) is 38.7 Å². The van der Waals surface area contributed by atoms with Crippen molar-refractivity contribution < 1.29 is 19.1 Å². The molecular formula is C21H17FN2O3S. The third kappa shape index (κ3) is 3.25. The molecular weight excluding hydrogens is 379 g/mol. The Morgan fingerprint density at radius 1 is 1.25 bits per heavy atom. The second-order valence-electron chi connectivity index (χ2n) is 6.63. The number of benzene rings is 2. The molecule has 0 unspecified atom stereocenters. The first-order chi connectivity index (χ1) is 13.4. The first kappa shape index (κ1) is 18.2. The molecule has 1 atom stereocenters. The number of hydrogen-bond acceptors (Lipinski definition) is 4. The number of phenolic OH excluding ortho intramolecular Hbond substituents is 1. The SMILES string of the molecule is Cc1c(C(=O)Nc2ccccc2F)sc2c1[C@@H](c1cccc(O)c1)CC(=O)N2. The Morgan fingerprint density at radius 3 is 2.79 bits per heavy atom. The highest BCUT2D eigenvalue weighted by Crippen LogP contribution is 2.45. The van der Waals surface area contributed by atoms with E-state index in [1.165, 1.54) is 23.5 Å². The van der Waals surface area contributed by atoms with Crippen LogP contribution in [0.4, 0.5) is 15.1 Å². The molecule has 1 aliphatic rings. The van der Waals surface area contributed by atoms with Crippen molar-refractivity contribution in [1.29, 1.82) is 0 Å². The van der Waals surface area contributed by atoms with Crippen LogP contribution in [0, 0.1) is 12.7 Å². The standard InChI is InChI=1S/C21H17FN2O3S/c1-11-18-14(12-5-4-6-13(25)9-12)10-17(26)24-21(18)28-19(11)20(27)23-16-8-3-2-7-15(16)22/h2-9,14,25H,10H2,1H3,(H,23,27)(H,24,26)/t14-/m1/s1. The van der Waals surface area contributed by atoms with Gasteiger partial charge in [-0.15, -0.1) is 11.3 Å². The maximum atomic E-state index is 13.9. The Kier molecular flexibility index (Phi) is 4.60. The van der Waals surface area contributed by atoms with Crippen molar-refractivity contribution in [2.45, 2.75) is 19.3 Å². The van der Waals surface area contributed by atoms with Gasteiger partial charge < -0.3 is 15.7 Å². The van der Waals surface area contributed by atoms with Crippen molar-refractivity contribution in [1.82, 2.24) is 0 Å². The van der Waals surface area contributed by atoms with Crippen LogP contribution in [0.2, 0.25) is 0 Å². The number of para-hydroxylation sites is 1. The molecule has 1 aliphatic heterocycles. The van der Waals surface area contributed by atoms with Gasteiger partial charge in [-0.3, -0.25) is 9.59 Å². The molecule has 3 aromatic rings. The van der Waals surface area contributed by atoms with Crippen LogP contribution in [0.15, 0.2) is 48.5 Å². The summed E-state index contributed by atoms with van der Waals surface area (Å²) in [5.41, 5.74) is 2.50. The summed E-state index contributed by atoms with van der Waals surface area (Å²) >= 11 is 1.17. The number of thiophene rings is 1. The minimum Gasteiger partial charge on any atom is -0.508 e. The van der Waals surface area contributed by atoms with E-state index in [1.807, 2.05) is 13.0 Å². The number of amides is 2. The fourth-order valence-electron chi connectivity index (χ4n) is 3.49. The van der Waals surface area contributed by atoms with Crippen LogP contribution < -0.4 is 10.6 Å². The normalized spacial score (nSPS) is 15.6. The van der Waals surface area contributed by atoms with Gasteiger partial charge in [-0.05, 0) is 47.9 Å². The molecule has 1 aromatic heterocycles. The Bertz CT molecular complexity index is 1090. The van der Waals surface area contributed by atoms with Crippen molar-refractivity contribution >= 4 is 33.8 Å². The van der Waals surface area contributed by atoms with E-state index in [-0.39, 0.29) is 29.7 Å². The molecule has 5 nitrogen and oxygen atoms in total. The lowest BCUT2D eigenvalue weighted by atomic mass is 9.85. The molecule has 0 radical (unpaired) electrons. The van der Waals surface area contributed by atoms with E-state index in [9.17, 15) is 19.1 Å². The van der Waals surface area contributed by atoms with E-state index in [0.29, 0.717) is 9.88 Å². The molecule has 0 saturated heterocycles. The molecule has 3 N–H and O–H groups in total. The number of rotatable bonds is 3.